The van der Waals surface area contributed by atoms with E-state index < -0.39 is 6.17 Å². The van der Waals surface area contributed by atoms with E-state index in [4.69, 9.17) is 0 Å². The Balaban J connectivity index is 1.55. The lowest BCUT2D eigenvalue weighted by Gasteiger charge is -2.06. The molecule has 0 aliphatic rings. The van der Waals surface area contributed by atoms with Crippen molar-refractivity contribution in [1.29, 1.82) is 0 Å². The first-order chi connectivity index (χ1) is 14.4. The molecule has 140 valence electrons. The van der Waals surface area contributed by atoms with Crippen molar-refractivity contribution in [2.75, 3.05) is 0 Å². The lowest BCUT2D eigenvalue weighted by molar-refractivity contribution is 0.689. The number of hydrogen-bond acceptors (Lipinski definition) is 4. The van der Waals surface area contributed by atoms with Gasteiger partial charge in [0.25, 0.3) is 0 Å². The van der Waals surface area contributed by atoms with Crippen LogP contribution in [0.4, 0.5) is 11.4 Å². The molecule has 4 nitrogen and oxygen atoms in total. The number of hydrogen-bond donors (Lipinski definition) is 0. The molecule has 0 radical (unpaired) electrons. The van der Waals surface area contributed by atoms with Crippen LogP contribution in [0.25, 0.3) is 11.1 Å². The normalized spacial score (nSPS) is 12.4. The molecule has 0 saturated heterocycles. The Labute approximate surface area is 170 Å². The number of benzene rings is 4. The van der Waals surface area contributed by atoms with Crippen LogP contribution in [0.3, 0.4) is 0 Å². The van der Waals surface area contributed by atoms with Crippen molar-refractivity contribution >= 4 is 11.4 Å². The second kappa shape index (κ2) is 9.33. The monoisotopic (exact) mass is 376 g/mol. The fourth-order valence-corrected chi connectivity index (χ4v) is 2.87. The summed E-state index contributed by atoms with van der Waals surface area (Å²) in [4.78, 5) is 0. The van der Waals surface area contributed by atoms with E-state index in [1.165, 1.54) is 5.56 Å². The summed E-state index contributed by atoms with van der Waals surface area (Å²) in [6.45, 7) is 0. The van der Waals surface area contributed by atoms with Crippen molar-refractivity contribution in [2.45, 2.75) is 6.17 Å². The highest BCUT2D eigenvalue weighted by Crippen LogP contribution is 2.26. The summed E-state index contributed by atoms with van der Waals surface area (Å²) in [7, 11) is 0. The van der Waals surface area contributed by atoms with E-state index in [9.17, 15) is 0 Å². The summed E-state index contributed by atoms with van der Waals surface area (Å²) >= 11 is 0. The lowest BCUT2D eigenvalue weighted by Crippen LogP contribution is -1.89. The Kier molecular flexibility index (Phi) is 5.93. The van der Waals surface area contributed by atoms with Gasteiger partial charge in [0.15, 0.2) is 0 Å². The minimum absolute atomic E-state index is 0.495. The van der Waals surface area contributed by atoms with Crippen LogP contribution in [0.2, 0.25) is 0 Å². The largest absolute Gasteiger partial charge is 0.206 e. The molecule has 0 amide bonds. The molecule has 0 aromatic heterocycles. The van der Waals surface area contributed by atoms with Gasteiger partial charge in [0, 0.05) is 5.56 Å². The highest BCUT2D eigenvalue weighted by atomic mass is 15.3. The second-order valence-corrected chi connectivity index (χ2v) is 6.46. The van der Waals surface area contributed by atoms with Crippen LogP contribution in [0.1, 0.15) is 11.7 Å². The molecule has 0 heterocycles. The topological polar surface area (TPSA) is 49.4 Å². The van der Waals surface area contributed by atoms with Gasteiger partial charge in [0.1, 0.15) is 0 Å². The van der Waals surface area contributed by atoms with Gasteiger partial charge in [0.2, 0.25) is 6.17 Å². The minimum atomic E-state index is -0.495. The van der Waals surface area contributed by atoms with Gasteiger partial charge in [-0.1, -0.05) is 91.0 Å². The van der Waals surface area contributed by atoms with E-state index >= 15 is 0 Å². The molecule has 4 aromatic rings. The molecule has 4 heteroatoms. The molecule has 4 rings (SSSR count). The fourth-order valence-electron chi connectivity index (χ4n) is 2.87. The van der Waals surface area contributed by atoms with Crippen LogP contribution in [0.15, 0.2) is 136 Å². The maximum atomic E-state index is 4.45. The van der Waals surface area contributed by atoms with Crippen molar-refractivity contribution in [3.63, 3.8) is 0 Å². The average molecular weight is 376 g/mol. The summed E-state index contributed by atoms with van der Waals surface area (Å²) in [5, 5.41) is 17.6. The highest BCUT2D eigenvalue weighted by molar-refractivity contribution is 5.65. The van der Waals surface area contributed by atoms with Gasteiger partial charge in [-0.25, -0.2) is 0 Å². The molecule has 0 aliphatic heterocycles. The predicted octanol–water partition coefficient (Wildman–Crippen LogP) is 7.92. The summed E-state index contributed by atoms with van der Waals surface area (Å²) in [5.41, 5.74) is 4.83. The lowest BCUT2D eigenvalue weighted by atomic mass is 10.1. The Morgan fingerprint density at radius 2 is 0.862 bits per heavy atom. The third-order valence-electron chi connectivity index (χ3n) is 4.39. The first-order valence-electron chi connectivity index (χ1n) is 9.46. The van der Waals surface area contributed by atoms with Gasteiger partial charge in [-0.15, -0.1) is 0 Å². The molecule has 0 saturated carbocycles. The predicted molar refractivity (Wildman–Crippen MR) is 117 cm³/mol. The maximum Gasteiger partial charge on any atom is 0.206 e. The zero-order valence-electron chi connectivity index (χ0n) is 15.8. The van der Waals surface area contributed by atoms with Crippen LogP contribution in [-0.4, -0.2) is 0 Å². The third-order valence-corrected chi connectivity index (χ3v) is 4.39. The van der Waals surface area contributed by atoms with Crippen LogP contribution >= 0.6 is 0 Å². The SMILES string of the molecule is c1ccc(N=NC(N=Nc2ccc(-c3ccccc3)cc2)c2ccccc2)cc1. The summed E-state index contributed by atoms with van der Waals surface area (Å²) in [6, 6.07) is 37.8. The highest BCUT2D eigenvalue weighted by Gasteiger charge is 2.08. The van der Waals surface area contributed by atoms with E-state index in [2.05, 4.69) is 32.6 Å². The molecule has 1 atom stereocenters. The fraction of sp³-hybridized carbons (Fsp3) is 0.0400. The molecule has 0 N–H and O–H groups in total. The molecular weight excluding hydrogens is 356 g/mol. The zero-order chi connectivity index (χ0) is 19.7. The van der Waals surface area contributed by atoms with Gasteiger partial charge >= 0.3 is 0 Å². The van der Waals surface area contributed by atoms with Gasteiger partial charge < -0.3 is 0 Å². The van der Waals surface area contributed by atoms with Gasteiger partial charge in [-0.05, 0) is 35.4 Å². The van der Waals surface area contributed by atoms with Crippen LogP contribution in [0, 0.1) is 0 Å². The quantitative estimate of drug-likeness (QED) is 0.307. The average Bonchev–Trinajstić information content (AvgIpc) is 2.81. The Morgan fingerprint density at radius 1 is 0.414 bits per heavy atom. The third kappa shape index (κ3) is 5.08. The molecular formula is C25H20N4. The second-order valence-electron chi connectivity index (χ2n) is 6.46. The smallest absolute Gasteiger partial charge is 0.154 e. The first kappa shape index (κ1) is 18.4. The van der Waals surface area contributed by atoms with Crippen molar-refractivity contribution in [1.82, 2.24) is 0 Å². The Hall–Kier alpha value is -3.92. The Bertz CT molecular complexity index is 1070. The first-order valence-corrected chi connectivity index (χ1v) is 9.46. The Morgan fingerprint density at radius 3 is 1.45 bits per heavy atom. The van der Waals surface area contributed by atoms with Crippen LogP contribution in [0.5, 0.6) is 0 Å². The van der Waals surface area contributed by atoms with E-state index in [0.717, 1.165) is 22.5 Å². The number of azo groups is 2. The molecule has 0 spiro atoms. The van der Waals surface area contributed by atoms with E-state index in [-0.39, 0.29) is 0 Å². The van der Waals surface area contributed by atoms with Crippen LogP contribution < -0.4 is 0 Å². The zero-order valence-corrected chi connectivity index (χ0v) is 15.8. The van der Waals surface area contributed by atoms with E-state index in [1.54, 1.807) is 0 Å². The van der Waals surface area contributed by atoms with Gasteiger partial charge in [0.05, 0.1) is 11.4 Å². The van der Waals surface area contributed by atoms with Crippen molar-refractivity contribution in [3.05, 3.63) is 121 Å². The minimum Gasteiger partial charge on any atom is -0.154 e. The summed E-state index contributed by atoms with van der Waals surface area (Å²) in [6.07, 6.45) is -0.495. The molecule has 4 aromatic carbocycles. The molecule has 0 aliphatic carbocycles. The van der Waals surface area contributed by atoms with Crippen molar-refractivity contribution in [3.8, 4) is 11.1 Å². The number of rotatable bonds is 6. The van der Waals surface area contributed by atoms with Crippen molar-refractivity contribution < 1.29 is 0 Å². The number of nitrogens with zero attached hydrogens (tertiary/aromatic N) is 4. The summed E-state index contributed by atoms with van der Waals surface area (Å²) < 4.78 is 0. The van der Waals surface area contributed by atoms with E-state index in [0.29, 0.717) is 0 Å². The van der Waals surface area contributed by atoms with Crippen molar-refractivity contribution in [2.24, 2.45) is 20.5 Å². The van der Waals surface area contributed by atoms with Gasteiger partial charge in [-0.2, -0.15) is 20.5 Å². The molecule has 29 heavy (non-hydrogen) atoms. The molecule has 0 fully saturated rings. The van der Waals surface area contributed by atoms with Gasteiger partial charge in [-0.3, -0.25) is 0 Å². The maximum absolute atomic E-state index is 4.45. The molecule has 1 unspecified atom stereocenters. The summed E-state index contributed by atoms with van der Waals surface area (Å²) in [5.74, 6) is 0. The van der Waals surface area contributed by atoms with Crippen LogP contribution in [-0.2, 0) is 0 Å². The standard InChI is InChI=1S/C25H20N4/c1-4-10-20(11-5-1)21-16-18-24(19-17-21)27-29-25(22-12-6-2-7-13-22)28-26-23-14-8-3-9-15-23/h1-19,25H. The molecule has 0 bridgehead atoms. The van der Waals surface area contributed by atoms with E-state index in [1.807, 2.05) is 103 Å².